The minimum absolute atomic E-state index is 0.377. The van der Waals surface area contributed by atoms with Crippen molar-refractivity contribution in [3.05, 3.63) is 23.8 Å². The zero-order valence-electron chi connectivity index (χ0n) is 6.92. The molecule has 0 heterocycles. The molecule has 1 rings (SSSR count). The lowest BCUT2D eigenvalue weighted by Gasteiger charge is -2.16. The summed E-state index contributed by atoms with van der Waals surface area (Å²) in [5.41, 5.74) is 4.30. The Morgan fingerprint density at radius 3 is 2.29 bits per heavy atom. The van der Waals surface area contributed by atoms with Crippen LogP contribution in [-0.4, -0.2) is 16.4 Å². The molecule has 1 aromatic rings. The first-order valence-corrected chi connectivity index (χ1v) is 3.66. The van der Waals surface area contributed by atoms with Crippen molar-refractivity contribution in [2.75, 3.05) is 0 Å². The Balaban J connectivity index is 3.12. The third kappa shape index (κ3) is 2.08. The molecule has 4 N–H and O–H groups in total. The summed E-state index contributed by atoms with van der Waals surface area (Å²) in [7, 11) is 0. The van der Waals surface area contributed by atoms with Crippen molar-refractivity contribution in [3.8, 4) is 11.5 Å². The van der Waals surface area contributed by atoms with Crippen LogP contribution in [0.4, 0.5) is 13.2 Å². The average Bonchev–Trinajstić information content (AvgIpc) is 2.06. The molecule has 0 spiro atoms. The highest BCUT2D eigenvalue weighted by molar-refractivity contribution is 5.41. The maximum Gasteiger partial charge on any atom is 0.407 e. The van der Waals surface area contributed by atoms with E-state index in [4.69, 9.17) is 15.9 Å². The molecule has 0 aliphatic rings. The summed E-state index contributed by atoms with van der Waals surface area (Å²) in [5, 5.41) is 18.0. The first kappa shape index (κ1) is 10.6. The standard InChI is InChI=1S/C8H8F3NO2/c9-8(10,11)7(12)5-3-4(13)1-2-6(5)14/h1-3,7,13-14H,12H2/t7-/m1/s1. The molecule has 6 heteroatoms. The Bertz CT molecular complexity index is 338. The highest BCUT2D eigenvalue weighted by Gasteiger charge is 2.39. The van der Waals surface area contributed by atoms with E-state index in [1.165, 1.54) is 0 Å². The minimum Gasteiger partial charge on any atom is -0.508 e. The molecule has 14 heavy (non-hydrogen) atoms. The van der Waals surface area contributed by atoms with E-state index >= 15 is 0 Å². The van der Waals surface area contributed by atoms with Crippen molar-refractivity contribution in [1.29, 1.82) is 0 Å². The van der Waals surface area contributed by atoms with Gasteiger partial charge in [0.25, 0.3) is 0 Å². The molecule has 0 unspecified atom stereocenters. The van der Waals surface area contributed by atoms with Crippen LogP contribution in [0.3, 0.4) is 0 Å². The summed E-state index contributed by atoms with van der Waals surface area (Å²) in [4.78, 5) is 0. The van der Waals surface area contributed by atoms with Crippen LogP contribution < -0.4 is 5.73 Å². The van der Waals surface area contributed by atoms with Crippen LogP contribution in [0.15, 0.2) is 18.2 Å². The van der Waals surface area contributed by atoms with Gasteiger partial charge in [0.05, 0.1) is 0 Å². The van der Waals surface area contributed by atoms with Gasteiger partial charge in [-0.05, 0) is 18.2 Å². The van der Waals surface area contributed by atoms with Crippen LogP contribution in [-0.2, 0) is 0 Å². The van der Waals surface area contributed by atoms with Gasteiger partial charge in [-0.15, -0.1) is 0 Å². The monoisotopic (exact) mass is 207 g/mol. The first-order chi connectivity index (χ1) is 6.32. The summed E-state index contributed by atoms with van der Waals surface area (Å²) >= 11 is 0. The molecule has 1 aromatic carbocycles. The number of rotatable bonds is 1. The van der Waals surface area contributed by atoms with Gasteiger partial charge in [-0.1, -0.05) is 0 Å². The quantitative estimate of drug-likeness (QED) is 0.613. The number of nitrogens with two attached hydrogens (primary N) is 1. The molecule has 0 amide bonds. The molecule has 0 aromatic heterocycles. The van der Waals surface area contributed by atoms with Crippen molar-refractivity contribution in [2.24, 2.45) is 5.73 Å². The van der Waals surface area contributed by atoms with E-state index in [0.29, 0.717) is 0 Å². The predicted molar refractivity (Wildman–Crippen MR) is 42.8 cm³/mol. The Morgan fingerprint density at radius 2 is 1.79 bits per heavy atom. The van der Waals surface area contributed by atoms with Crippen molar-refractivity contribution in [3.63, 3.8) is 0 Å². The summed E-state index contributed by atoms with van der Waals surface area (Å²) in [6.45, 7) is 0. The third-order valence-corrected chi connectivity index (χ3v) is 1.70. The fraction of sp³-hybridized carbons (Fsp3) is 0.250. The number of hydrogen-bond acceptors (Lipinski definition) is 3. The maximum absolute atomic E-state index is 12.1. The number of benzene rings is 1. The first-order valence-electron chi connectivity index (χ1n) is 3.66. The van der Waals surface area contributed by atoms with E-state index in [1.54, 1.807) is 0 Å². The van der Waals surface area contributed by atoms with Crippen molar-refractivity contribution >= 4 is 0 Å². The second-order valence-corrected chi connectivity index (χ2v) is 2.76. The number of phenolic OH excluding ortho intramolecular Hbond substituents is 2. The Hall–Kier alpha value is -1.43. The molecule has 0 fully saturated rings. The number of alkyl halides is 3. The van der Waals surface area contributed by atoms with Crippen LogP contribution in [0.2, 0.25) is 0 Å². The lowest BCUT2D eigenvalue weighted by Crippen LogP contribution is -2.28. The zero-order valence-corrected chi connectivity index (χ0v) is 6.92. The largest absolute Gasteiger partial charge is 0.508 e. The van der Waals surface area contributed by atoms with E-state index in [2.05, 4.69) is 0 Å². The summed E-state index contributed by atoms with van der Waals surface area (Å²) in [5.74, 6) is -0.967. The normalized spacial score (nSPS) is 14.0. The van der Waals surface area contributed by atoms with Crippen LogP contribution in [0.1, 0.15) is 11.6 Å². The fourth-order valence-corrected chi connectivity index (χ4v) is 0.967. The molecular formula is C8H8F3NO2. The van der Waals surface area contributed by atoms with Crippen LogP contribution in [0, 0.1) is 0 Å². The Labute approximate surface area is 77.6 Å². The molecule has 3 nitrogen and oxygen atoms in total. The van der Waals surface area contributed by atoms with Gasteiger partial charge in [0.2, 0.25) is 0 Å². The van der Waals surface area contributed by atoms with Gasteiger partial charge in [0, 0.05) is 5.56 Å². The summed E-state index contributed by atoms with van der Waals surface area (Å²) in [6.07, 6.45) is -4.65. The predicted octanol–water partition coefficient (Wildman–Crippen LogP) is 1.66. The Kier molecular flexibility index (Phi) is 2.57. The number of aromatic hydroxyl groups is 2. The second-order valence-electron chi connectivity index (χ2n) is 2.76. The summed E-state index contributed by atoms with van der Waals surface area (Å²) in [6, 6.07) is 0.515. The highest BCUT2D eigenvalue weighted by Crippen LogP contribution is 2.36. The number of phenols is 2. The molecule has 78 valence electrons. The molecule has 1 atom stereocenters. The van der Waals surface area contributed by atoms with Gasteiger partial charge in [-0.2, -0.15) is 13.2 Å². The van der Waals surface area contributed by atoms with Gasteiger partial charge < -0.3 is 15.9 Å². The molecular weight excluding hydrogens is 199 g/mol. The lowest BCUT2D eigenvalue weighted by molar-refractivity contribution is -0.149. The average molecular weight is 207 g/mol. The van der Waals surface area contributed by atoms with E-state index < -0.39 is 23.5 Å². The van der Waals surface area contributed by atoms with Crippen LogP contribution >= 0.6 is 0 Å². The van der Waals surface area contributed by atoms with Gasteiger partial charge in [0.1, 0.15) is 17.5 Å². The van der Waals surface area contributed by atoms with Crippen molar-refractivity contribution < 1.29 is 23.4 Å². The van der Waals surface area contributed by atoms with E-state index in [-0.39, 0.29) is 5.75 Å². The van der Waals surface area contributed by atoms with Crippen molar-refractivity contribution in [1.82, 2.24) is 0 Å². The SMILES string of the molecule is N[C@H](c1cc(O)ccc1O)C(F)(F)F. The third-order valence-electron chi connectivity index (χ3n) is 1.70. The fourth-order valence-electron chi connectivity index (χ4n) is 0.967. The molecule has 0 saturated heterocycles. The maximum atomic E-state index is 12.1. The van der Waals surface area contributed by atoms with Crippen LogP contribution in [0.25, 0.3) is 0 Å². The number of halogens is 3. The second kappa shape index (κ2) is 3.38. The molecule has 0 aliphatic heterocycles. The van der Waals surface area contributed by atoms with Gasteiger partial charge in [-0.3, -0.25) is 0 Å². The van der Waals surface area contributed by atoms with Gasteiger partial charge in [-0.25, -0.2) is 0 Å². The van der Waals surface area contributed by atoms with E-state index in [9.17, 15) is 13.2 Å². The smallest absolute Gasteiger partial charge is 0.407 e. The number of hydrogen-bond donors (Lipinski definition) is 3. The minimum atomic E-state index is -4.65. The topological polar surface area (TPSA) is 66.5 Å². The highest BCUT2D eigenvalue weighted by atomic mass is 19.4. The molecule has 0 saturated carbocycles. The molecule has 0 aliphatic carbocycles. The van der Waals surface area contributed by atoms with Crippen molar-refractivity contribution in [2.45, 2.75) is 12.2 Å². The zero-order chi connectivity index (χ0) is 10.9. The van der Waals surface area contributed by atoms with Crippen LogP contribution in [0.5, 0.6) is 11.5 Å². The summed E-state index contributed by atoms with van der Waals surface area (Å²) < 4.78 is 36.4. The van der Waals surface area contributed by atoms with E-state index in [1.807, 2.05) is 0 Å². The molecule has 0 radical (unpaired) electrons. The van der Waals surface area contributed by atoms with Gasteiger partial charge in [0.15, 0.2) is 0 Å². The Morgan fingerprint density at radius 1 is 1.21 bits per heavy atom. The molecule has 0 bridgehead atoms. The lowest BCUT2D eigenvalue weighted by atomic mass is 10.1. The van der Waals surface area contributed by atoms with E-state index in [0.717, 1.165) is 18.2 Å². The van der Waals surface area contributed by atoms with Gasteiger partial charge >= 0.3 is 6.18 Å².